The average molecular weight is 301 g/mol. The molecule has 84 valence electrons. The van der Waals surface area contributed by atoms with E-state index in [1.54, 1.807) is 10.9 Å². The first-order valence-electron chi connectivity index (χ1n) is 4.79. The minimum absolute atomic E-state index is 0.494. The number of nitrogens with zero attached hydrogens (tertiary/aromatic N) is 2. The van der Waals surface area contributed by atoms with Gasteiger partial charge in [0.15, 0.2) is 0 Å². The Kier molecular flexibility index (Phi) is 3.21. The van der Waals surface area contributed by atoms with Gasteiger partial charge >= 0.3 is 0 Å². The Morgan fingerprint density at radius 1 is 1.50 bits per heavy atom. The normalized spacial score (nSPS) is 10.7. The number of hydrogen-bond acceptors (Lipinski definition) is 2. The fraction of sp³-hybridized carbons (Fsp3) is 0.182. The van der Waals surface area contributed by atoms with Crippen LogP contribution in [0.2, 0.25) is 5.02 Å². The maximum atomic E-state index is 5.84. The zero-order valence-electron chi connectivity index (χ0n) is 8.74. The summed E-state index contributed by atoms with van der Waals surface area (Å²) in [7, 11) is 0. The van der Waals surface area contributed by atoms with Crippen molar-refractivity contribution >= 4 is 33.3 Å². The molecule has 0 aliphatic carbocycles. The van der Waals surface area contributed by atoms with Gasteiger partial charge in [0.25, 0.3) is 0 Å². The van der Waals surface area contributed by atoms with Crippen molar-refractivity contribution in [1.29, 1.82) is 0 Å². The number of nitrogens with two attached hydrogens (primary N) is 1. The van der Waals surface area contributed by atoms with Gasteiger partial charge in [0, 0.05) is 4.47 Å². The zero-order valence-corrected chi connectivity index (χ0v) is 11.1. The average Bonchev–Trinajstić information content (AvgIpc) is 2.55. The van der Waals surface area contributed by atoms with Crippen LogP contribution in [-0.2, 0) is 6.54 Å². The van der Waals surface area contributed by atoms with Gasteiger partial charge in [0.2, 0.25) is 0 Å². The smallest absolute Gasteiger partial charge is 0.140 e. The van der Waals surface area contributed by atoms with Gasteiger partial charge in [-0.3, -0.25) is 0 Å². The summed E-state index contributed by atoms with van der Waals surface area (Å²) >= 11 is 9.30. The lowest BCUT2D eigenvalue weighted by molar-refractivity contribution is 0.696. The van der Waals surface area contributed by atoms with Crippen LogP contribution in [0.3, 0.4) is 0 Å². The third-order valence-corrected chi connectivity index (χ3v) is 3.57. The second-order valence-electron chi connectivity index (χ2n) is 3.62. The molecule has 0 aliphatic heterocycles. The van der Waals surface area contributed by atoms with Crippen molar-refractivity contribution in [3.05, 3.63) is 45.0 Å². The lowest BCUT2D eigenvalue weighted by Gasteiger charge is -2.06. The van der Waals surface area contributed by atoms with Crippen molar-refractivity contribution in [2.24, 2.45) is 0 Å². The first-order valence-corrected chi connectivity index (χ1v) is 5.97. The molecule has 0 atom stereocenters. The van der Waals surface area contributed by atoms with Crippen LogP contribution < -0.4 is 5.73 Å². The highest BCUT2D eigenvalue weighted by Gasteiger charge is 2.05. The van der Waals surface area contributed by atoms with Crippen LogP contribution in [0.1, 0.15) is 11.1 Å². The molecule has 16 heavy (non-hydrogen) atoms. The Hall–Kier alpha value is -1.00. The predicted molar refractivity (Wildman–Crippen MR) is 69.6 cm³/mol. The van der Waals surface area contributed by atoms with E-state index in [4.69, 9.17) is 17.3 Å². The number of nitrogen functional groups attached to an aromatic ring is 1. The maximum Gasteiger partial charge on any atom is 0.140 e. The molecule has 0 amide bonds. The molecule has 0 saturated heterocycles. The number of aryl methyl sites for hydroxylation is 1. The molecular weight excluding hydrogens is 289 g/mol. The second-order valence-corrected chi connectivity index (χ2v) is 4.88. The largest absolute Gasteiger partial charge is 0.383 e. The first kappa shape index (κ1) is 11.5. The zero-order chi connectivity index (χ0) is 11.7. The van der Waals surface area contributed by atoms with E-state index in [1.165, 1.54) is 5.56 Å². The molecule has 0 saturated carbocycles. The summed E-state index contributed by atoms with van der Waals surface area (Å²) in [6.45, 7) is 2.68. The molecule has 0 unspecified atom stereocenters. The van der Waals surface area contributed by atoms with E-state index < -0.39 is 0 Å². The molecular formula is C11H11BrClN3. The summed E-state index contributed by atoms with van der Waals surface area (Å²) in [6, 6.07) is 6.15. The Bertz CT molecular complexity index is 522. The molecule has 1 heterocycles. The van der Waals surface area contributed by atoms with Crippen molar-refractivity contribution in [1.82, 2.24) is 9.78 Å². The molecule has 2 aromatic rings. The third kappa shape index (κ3) is 2.23. The standard InChI is InChI=1S/C11H11BrClN3/c1-7-4-8(2-3-9(7)12)6-16-11(14)10(13)5-15-16/h2-5H,6,14H2,1H3. The molecule has 0 bridgehead atoms. The monoisotopic (exact) mass is 299 g/mol. The minimum Gasteiger partial charge on any atom is -0.383 e. The third-order valence-electron chi connectivity index (χ3n) is 2.39. The highest BCUT2D eigenvalue weighted by Crippen LogP contribution is 2.20. The Balaban J connectivity index is 2.27. The second kappa shape index (κ2) is 4.47. The molecule has 0 fully saturated rings. The molecule has 0 radical (unpaired) electrons. The lowest BCUT2D eigenvalue weighted by Crippen LogP contribution is -2.06. The van der Waals surface area contributed by atoms with Gasteiger partial charge in [-0.05, 0) is 24.1 Å². The maximum absolute atomic E-state index is 5.84. The van der Waals surface area contributed by atoms with Crippen LogP contribution >= 0.6 is 27.5 Å². The summed E-state index contributed by atoms with van der Waals surface area (Å²) in [5, 5.41) is 4.60. The molecule has 1 aromatic carbocycles. The molecule has 2 rings (SSSR count). The quantitative estimate of drug-likeness (QED) is 0.925. The van der Waals surface area contributed by atoms with Gasteiger partial charge in [-0.25, -0.2) is 4.68 Å². The van der Waals surface area contributed by atoms with Crippen LogP contribution in [0.4, 0.5) is 5.82 Å². The van der Waals surface area contributed by atoms with Crippen molar-refractivity contribution < 1.29 is 0 Å². The number of anilines is 1. The van der Waals surface area contributed by atoms with E-state index in [-0.39, 0.29) is 0 Å². The van der Waals surface area contributed by atoms with Gasteiger partial charge in [-0.1, -0.05) is 39.7 Å². The molecule has 5 heteroatoms. The SMILES string of the molecule is Cc1cc(Cn2ncc(Cl)c2N)ccc1Br. The number of rotatable bonds is 2. The molecule has 0 aliphatic rings. The Morgan fingerprint density at radius 3 is 2.81 bits per heavy atom. The van der Waals surface area contributed by atoms with E-state index in [9.17, 15) is 0 Å². The Morgan fingerprint density at radius 2 is 2.25 bits per heavy atom. The summed E-state index contributed by atoms with van der Waals surface area (Å²) in [4.78, 5) is 0. The fourth-order valence-corrected chi connectivity index (χ4v) is 1.86. The van der Waals surface area contributed by atoms with Crippen molar-refractivity contribution in [3.63, 3.8) is 0 Å². The van der Waals surface area contributed by atoms with Crippen molar-refractivity contribution in [2.75, 3.05) is 5.73 Å². The van der Waals surface area contributed by atoms with Crippen LogP contribution in [0, 0.1) is 6.92 Å². The topological polar surface area (TPSA) is 43.8 Å². The summed E-state index contributed by atoms with van der Waals surface area (Å²) in [5.41, 5.74) is 8.11. The molecule has 3 nitrogen and oxygen atoms in total. The number of halogens is 2. The Labute approximate surface area is 107 Å². The lowest BCUT2D eigenvalue weighted by atomic mass is 10.1. The summed E-state index contributed by atoms with van der Waals surface area (Å²) in [6.07, 6.45) is 1.56. The number of benzene rings is 1. The van der Waals surface area contributed by atoms with Crippen LogP contribution in [0.15, 0.2) is 28.9 Å². The molecule has 1 aromatic heterocycles. The highest BCUT2D eigenvalue weighted by atomic mass is 79.9. The van der Waals surface area contributed by atoms with E-state index in [0.717, 1.165) is 10.0 Å². The first-order chi connectivity index (χ1) is 7.58. The van der Waals surface area contributed by atoms with Crippen LogP contribution in [0.5, 0.6) is 0 Å². The van der Waals surface area contributed by atoms with Crippen molar-refractivity contribution in [2.45, 2.75) is 13.5 Å². The van der Waals surface area contributed by atoms with E-state index in [1.807, 2.05) is 19.1 Å². The van der Waals surface area contributed by atoms with E-state index in [2.05, 4.69) is 27.1 Å². The number of hydrogen-bond donors (Lipinski definition) is 1. The van der Waals surface area contributed by atoms with Crippen LogP contribution in [-0.4, -0.2) is 9.78 Å². The molecule has 2 N–H and O–H groups in total. The van der Waals surface area contributed by atoms with Crippen molar-refractivity contribution in [3.8, 4) is 0 Å². The fourth-order valence-electron chi connectivity index (χ4n) is 1.48. The van der Waals surface area contributed by atoms with Gasteiger partial charge < -0.3 is 5.73 Å². The molecule has 0 spiro atoms. The summed E-state index contributed by atoms with van der Waals surface area (Å²) in [5.74, 6) is 0.502. The number of aromatic nitrogens is 2. The van der Waals surface area contributed by atoms with Crippen LogP contribution in [0.25, 0.3) is 0 Å². The minimum atomic E-state index is 0.494. The van der Waals surface area contributed by atoms with Gasteiger partial charge in [-0.15, -0.1) is 0 Å². The predicted octanol–water partition coefficient (Wildman–Crippen LogP) is 3.24. The summed E-state index contributed by atoms with van der Waals surface area (Å²) < 4.78 is 2.79. The van der Waals surface area contributed by atoms with Gasteiger partial charge in [0.1, 0.15) is 10.8 Å². The van der Waals surface area contributed by atoms with Gasteiger partial charge in [0.05, 0.1) is 12.7 Å². The van der Waals surface area contributed by atoms with Gasteiger partial charge in [-0.2, -0.15) is 5.10 Å². The van der Waals surface area contributed by atoms with E-state index in [0.29, 0.717) is 17.4 Å². The highest BCUT2D eigenvalue weighted by molar-refractivity contribution is 9.10. The van der Waals surface area contributed by atoms with E-state index >= 15 is 0 Å².